The highest BCUT2D eigenvalue weighted by Gasteiger charge is 2.44. The Morgan fingerprint density at radius 1 is 1.09 bits per heavy atom. The van der Waals surface area contributed by atoms with Crippen molar-refractivity contribution in [2.75, 3.05) is 46.6 Å². The van der Waals surface area contributed by atoms with Crippen molar-refractivity contribution in [3.63, 3.8) is 0 Å². The SMILES string of the molecule is CCOC(=O)C1CCN(C(c2ccc(OCC)cc2)C2C(=O)C=C(C)N(CCOC)C2=O)CC1. The number of carbonyl (C=O) groups excluding carboxylic acids is 3. The summed E-state index contributed by atoms with van der Waals surface area (Å²) in [5.41, 5.74) is 1.51. The minimum Gasteiger partial charge on any atom is -0.494 e. The third-order valence-electron chi connectivity index (χ3n) is 6.53. The van der Waals surface area contributed by atoms with Crippen LogP contribution in [-0.4, -0.2) is 74.0 Å². The fourth-order valence-corrected chi connectivity index (χ4v) is 4.81. The van der Waals surface area contributed by atoms with Crippen molar-refractivity contribution in [3.8, 4) is 5.75 Å². The monoisotopic (exact) mass is 472 g/mol. The summed E-state index contributed by atoms with van der Waals surface area (Å²) in [4.78, 5) is 42.9. The van der Waals surface area contributed by atoms with E-state index in [2.05, 4.69) is 4.90 Å². The fourth-order valence-electron chi connectivity index (χ4n) is 4.81. The van der Waals surface area contributed by atoms with Crippen LogP contribution in [0, 0.1) is 11.8 Å². The van der Waals surface area contributed by atoms with Gasteiger partial charge in [0.1, 0.15) is 11.7 Å². The molecule has 0 aliphatic carbocycles. The lowest BCUT2D eigenvalue weighted by atomic mass is 9.83. The Hall–Kier alpha value is -2.71. The van der Waals surface area contributed by atoms with Gasteiger partial charge in [-0.25, -0.2) is 0 Å². The number of methoxy groups -OCH3 is 1. The zero-order valence-electron chi connectivity index (χ0n) is 20.6. The summed E-state index contributed by atoms with van der Waals surface area (Å²) in [5.74, 6) is -0.859. The van der Waals surface area contributed by atoms with Crippen LogP contribution in [0.4, 0.5) is 0 Å². The molecule has 1 aromatic rings. The van der Waals surface area contributed by atoms with Crippen LogP contribution in [0.5, 0.6) is 5.75 Å². The number of ketones is 1. The average Bonchev–Trinajstić information content (AvgIpc) is 2.83. The van der Waals surface area contributed by atoms with Gasteiger partial charge in [-0.05, 0) is 64.4 Å². The van der Waals surface area contributed by atoms with Crippen molar-refractivity contribution in [2.45, 2.75) is 39.7 Å². The second-order valence-corrected chi connectivity index (χ2v) is 8.66. The van der Waals surface area contributed by atoms with Crippen molar-refractivity contribution >= 4 is 17.7 Å². The van der Waals surface area contributed by atoms with E-state index in [1.54, 1.807) is 31.9 Å². The van der Waals surface area contributed by atoms with Gasteiger partial charge in [-0.1, -0.05) is 12.1 Å². The molecule has 2 aliphatic heterocycles. The number of carbonyl (C=O) groups is 3. The van der Waals surface area contributed by atoms with E-state index in [0.29, 0.717) is 58.0 Å². The largest absolute Gasteiger partial charge is 0.494 e. The van der Waals surface area contributed by atoms with Gasteiger partial charge in [0.05, 0.1) is 31.8 Å². The Bertz CT molecular complexity index is 889. The maximum atomic E-state index is 13.6. The average molecular weight is 473 g/mol. The minimum atomic E-state index is -0.863. The minimum absolute atomic E-state index is 0.157. The number of amides is 1. The lowest BCUT2D eigenvalue weighted by Gasteiger charge is -2.42. The summed E-state index contributed by atoms with van der Waals surface area (Å²) in [6.07, 6.45) is 2.82. The van der Waals surface area contributed by atoms with E-state index < -0.39 is 12.0 Å². The number of ether oxygens (including phenoxy) is 3. The van der Waals surface area contributed by atoms with Crippen LogP contribution in [0.15, 0.2) is 36.0 Å². The molecule has 8 nitrogen and oxygen atoms in total. The van der Waals surface area contributed by atoms with Crippen molar-refractivity contribution < 1.29 is 28.6 Å². The Kier molecular flexibility index (Phi) is 9.24. The van der Waals surface area contributed by atoms with E-state index in [0.717, 1.165) is 11.3 Å². The van der Waals surface area contributed by atoms with Gasteiger partial charge in [0, 0.05) is 25.4 Å². The Morgan fingerprint density at radius 2 is 1.76 bits per heavy atom. The van der Waals surface area contributed by atoms with Crippen LogP contribution in [0.1, 0.15) is 45.2 Å². The highest BCUT2D eigenvalue weighted by molar-refractivity contribution is 6.10. The molecule has 2 aliphatic rings. The van der Waals surface area contributed by atoms with E-state index in [1.165, 1.54) is 0 Å². The van der Waals surface area contributed by atoms with E-state index in [9.17, 15) is 14.4 Å². The number of allylic oxidation sites excluding steroid dienone is 2. The number of rotatable bonds is 10. The molecule has 0 aromatic heterocycles. The molecule has 8 heteroatoms. The quantitative estimate of drug-likeness (QED) is 0.382. The third kappa shape index (κ3) is 5.85. The highest BCUT2D eigenvalue weighted by atomic mass is 16.5. The van der Waals surface area contributed by atoms with Gasteiger partial charge < -0.3 is 19.1 Å². The molecule has 1 amide bonds. The van der Waals surface area contributed by atoms with E-state index in [4.69, 9.17) is 14.2 Å². The van der Waals surface area contributed by atoms with E-state index in [1.807, 2.05) is 31.2 Å². The predicted molar refractivity (Wildman–Crippen MR) is 127 cm³/mol. The first kappa shape index (κ1) is 25.9. The summed E-state index contributed by atoms with van der Waals surface area (Å²) in [6.45, 7) is 8.40. The zero-order valence-corrected chi connectivity index (χ0v) is 20.6. The lowest BCUT2D eigenvalue weighted by Crippen LogP contribution is -2.51. The van der Waals surface area contributed by atoms with Gasteiger partial charge in [0.15, 0.2) is 5.78 Å². The molecule has 1 aromatic carbocycles. The first-order chi connectivity index (χ1) is 16.4. The van der Waals surface area contributed by atoms with Crippen LogP contribution in [0.3, 0.4) is 0 Å². The zero-order chi connectivity index (χ0) is 24.7. The fraction of sp³-hybridized carbons (Fsp3) is 0.577. The molecule has 0 bridgehead atoms. The predicted octanol–water partition coefficient (Wildman–Crippen LogP) is 2.98. The van der Waals surface area contributed by atoms with Crippen LogP contribution < -0.4 is 4.74 Å². The standard InChI is InChI=1S/C26H36N2O6/c1-5-33-21-9-7-19(8-10-21)24(27-13-11-20(12-14-27)26(31)34-6-2)23-22(29)17-18(3)28(25(23)30)15-16-32-4/h7-10,17,20,23-24H,5-6,11-16H2,1-4H3. The third-order valence-corrected chi connectivity index (χ3v) is 6.53. The molecule has 0 radical (unpaired) electrons. The number of esters is 1. The molecule has 0 N–H and O–H groups in total. The molecule has 2 atom stereocenters. The van der Waals surface area contributed by atoms with Crippen LogP contribution >= 0.6 is 0 Å². The summed E-state index contributed by atoms with van der Waals surface area (Å²) in [7, 11) is 1.59. The summed E-state index contributed by atoms with van der Waals surface area (Å²) in [5, 5.41) is 0. The number of piperidine rings is 1. The first-order valence-electron chi connectivity index (χ1n) is 12.1. The van der Waals surface area contributed by atoms with Crippen molar-refractivity contribution in [1.82, 2.24) is 9.80 Å². The molecule has 0 saturated carbocycles. The van der Waals surface area contributed by atoms with Gasteiger partial charge in [0.25, 0.3) is 0 Å². The Morgan fingerprint density at radius 3 is 2.35 bits per heavy atom. The summed E-state index contributed by atoms with van der Waals surface area (Å²) < 4.78 is 16.0. The van der Waals surface area contributed by atoms with Crippen molar-refractivity contribution in [3.05, 3.63) is 41.6 Å². The molecule has 1 fully saturated rings. The molecule has 1 saturated heterocycles. The molecule has 0 spiro atoms. The second kappa shape index (κ2) is 12.1. The second-order valence-electron chi connectivity index (χ2n) is 8.66. The topological polar surface area (TPSA) is 85.4 Å². The Balaban J connectivity index is 1.91. The van der Waals surface area contributed by atoms with Gasteiger partial charge in [0.2, 0.25) is 5.91 Å². The van der Waals surface area contributed by atoms with E-state index in [-0.39, 0.29) is 23.6 Å². The number of hydrogen-bond acceptors (Lipinski definition) is 7. The Labute approximate surface area is 201 Å². The van der Waals surface area contributed by atoms with Crippen LogP contribution in [0.2, 0.25) is 0 Å². The lowest BCUT2D eigenvalue weighted by molar-refractivity contribution is -0.151. The number of likely N-dealkylation sites (tertiary alicyclic amines) is 1. The summed E-state index contributed by atoms with van der Waals surface area (Å²) in [6, 6.07) is 7.17. The smallest absolute Gasteiger partial charge is 0.309 e. The van der Waals surface area contributed by atoms with Gasteiger partial charge in [-0.2, -0.15) is 0 Å². The molecule has 3 rings (SSSR count). The van der Waals surface area contributed by atoms with Crippen LogP contribution in [-0.2, 0) is 23.9 Å². The molecular weight excluding hydrogens is 436 g/mol. The van der Waals surface area contributed by atoms with E-state index >= 15 is 0 Å². The van der Waals surface area contributed by atoms with Crippen molar-refractivity contribution in [2.24, 2.45) is 11.8 Å². The number of nitrogens with zero attached hydrogens (tertiary/aromatic N) is 2. The molecular formula is C26H36N2O6. The highest BCUT2D eigenvalue weighted by Crippen LogP contribution is 2.37. The molecule has 2 heterocycles. The molecule has 34 heavy (non-hydrogen) atoms. The van der Waals surface area contributed by atoms with Crippen LogP contribution in [0.25, 0.3) is 0 Å². The first-order valence-corrected chi connectivity index (χ1v) is 12.1. The summed E-state index contributed by atoms with van der Waals surface area (Å²) >= 11 is 0. The molecule has 186 valence electrons. The van der Waals surface area contributed by atoms with Gasteiger partial charge in [-0.3, -0.25) is 19.3 Å². The van der Waals surface area contributed by atoms with Gasteiger partial charge >= 0.3 is 5.97 Å². The maximum Gasteiger partial charge on any atom is 0.309 e. The normalized spacial score (nSPS) is 20.8. The number of hydrogen-bond donors (Lipinski definition) is 0. The van der Waals surface area contributed by atoms with Crippen molar-refractivity contribution in [1.29, 1.82) is 0 Å². The molecule has 2 unspecified atom stereocenters. The number of benzene rings is 1. The maximum absolute atomic E-state index is 13.6. The van der Waals surface area contributed by atoms with Gasteiger partial charge in [-0.15, -0.1) is 0 Å².